The second-order valence-electron chi connectivity index (χ2n) is 3.88. The lowest BCUT2D eigenvalue weighted by Crippen LogP contribution is -2.45. The van der Waals surface area contributed by atoms with E-state index in [4.69, 9.17) is 11.5 Å². The molecule has 4 N–H and O–H groups in total. The Labute approximate surface area is 79.6 Å². The Morgan fingerprint density at radius 3 is 2.54 bits per heavy atom. The molecule has 13 heavy (non-hydrogen) atoms. The molecular formula is C8H18N2O2S. The highest BCUT2D eigenvalue weighted by molar-refractivity contribution is 7.92. The molecule has 0 aliphatic heterocycles. The van der Waals surface area contributed by atoms with Crippen LogP contribution in [0.3, 0.4) is 0 Å². The van der Waals surface area contributed by atoms with Crippen LogP contribution in [0.15, 0.2) is 0 Å². The molecule has 1 fully saturated rings. The lowest BCUT2D eigenvalue weighted by atomic mass is 10.0. The van der Waals surface area contributed by atoms with E-state index in [1.54, 1.807) is 6.92 Å². The van der Waals surface area contributed by atoms with Crippen LogP contribution in [0.25, 0.3) is 0 Å². The zero-order chi connectivity index (χ0) is 10.1. The van der Waals surface area contributed by atoms with Crippen molar-refractivity contribution in [3.8, 4) is 0 Å². The molecule has 1 rings (SSSR count). The van der Waals surface area contributed by atoms with Crippen LogP contribution in [-0.2, 0) is 9.84 Å². The predicted octanol–water partition coefficient (Wildman–Crippen LogP) is -0.370. The van der Waals surface area contributed by atoms with Gasteiger partial charge in [0.25, 0.3) is 0 Å². The molecule has 4 nitrogen and oxygen atoms in total. The molecule has 0 saturated heterocycles. The summed E-state index contributed by atoms with van der Waals surface area (Å²) in [6.07, 6.45) is 1.93. The van der Waals surface area contributed by atoms with Crippen molar-refractivity contribution in [3.05, 3.63) is 0 Å². The first-order chi connectivity index (χ1) is 5.93. The molecule has 0 aromatic heterocycles. The van der Waals surface area contributed by atoms with Crippen molar-refractivity contribution >= 4 is 9.84 Å². The minimum absolute atomic E-state index is 0.207. The molecule has 78 valence electrons. The SMILES string of the molecule is CCS(=O)(=O)[C@H]1CC[C@@](N)(CN)C1. The van der Waals surface area contributed by atoms with Crippen LogP contribution in [0.1, 0.15) is 26.2 Å². The van der Waals surface area contributed by atoms with Crippen LogP contribution < -0.4 is 11.5 Å². The summed E-state index contributed by atoms with van der Waals surface area (Å²) in [4.78, 5) is 0. The van der Waals surface area contributed by atoms with E-state index in [-0.39, 0.29) is 11.0 Å². The highest BCUT2D eigenvalue weighted by Crippen LogP contribution is 2.31. The fourth-order valence-electron chi connectivity index (χ4n) is 1.83. The van der Waals surface area contributed by atoms with Gasteiger partial charge in [0.1, 0.15) is 0 Å². The number of nitrogens with two attached hydrogens (primary N) is 2. The van der Waals surface area contributed by atoms with Crippen molar-refractivity contribution < 1.29 is 8.42 Å². The van der Waals surface area contributed by atoms with E-state index in [1.807, 2.05) is 0 Å². The van der Waals surface area contributed by atoms with E-state index < -0.39 is 15.4 Å². The Morgan fingerprint density at radius 2 is 2.15 bits per heavy atom. The highest BCUT2D eigenvalue weighted by atomic mass is 32.2. The van der Waals surface area contributed by atoms with Crippen molar-refractivity contribution in [2.75, 3.05) is 12.3 Å². The first-order valence-electron chi connectivity index (χ1n) is 4.64. The van der Waals surface area contributed by atoms with Gasteiger partial charge < -0.3 is 11.5 Å². The molecule has 0 amide bonds. The molecule has 0 heterocycles. The second-order valence-corrected chi connectivity index (χ2v) is 6.45. The summed E-state index contributed by atoms with van der Waals surface area (Å²) >= 11 is 0. The van der Waals surface area contributed by atoms with Crippen LogP contribution in [-0.4, -0.2) is 31.5 Å². The van der Waals surface area contributed by atoms with Gasteiger partial charge in [0.2, 0.25) is 0 Å². The summed E-state index contributed by atoms with van der Waals surface area (Å²) in [7, 11) is -2.91. The molecule has 0 aromatic carbocycles. The maximum atomic E-state index is 11.5. The molecule has 0 spiro atoms. The van der Waals surface area contributed by atoms with Crippen LogP contribution in [0.2, 0.25) is 0 Å². The van der Waals surface area contributed by atoms with Crippen molar-refractivity contribution in [2.45, 2.75) is 37.0 Å². The smallest absolute Gasteiger partial charge is 0.152 e. The number of sulfone groups is 1. The Morgan fingerprint density at radius 1 is 1.54 bits per heavy atom. The Hall–Kier alpha value is -0.130. The van der Waals surface area contributed by atoms with Gasteiger partial charge in [-0.05, 0) is 19.3 Å². The maximum Gasteiger partial charge on any atom is 0.152 e. The minimum atomic E-state index is -2.91. The third-order valence-electron chi connectivity index (χ3n) is 2.92. The summed E-state index contributed by atoms with van der Waals surface area (Å²) in [5.74, 6) is 0.207. The largest absolute Gasteiger partial charge is 0.329 e. The molecule has 0 bridgehead atoms. The molecular weight excluding hydrogens is 188 g/mol. The molecule has 0 unspecified atom stereocenters. The van der Waals surface area contributed by atoms with E-state index in [9.17, 15) is 8.42 Å². The molecule has 0 aromatic rings. The maximum absolute atomic E-state index is 11.5. The van der Waals surface area contributed by atoms with Gasteiger partial charge in [-0.1, -0.05) is 6.92 Å². The van der Waals surface area contributed by atoms with Gasteiger partial charge in [-0.2, -0.15) is 0 Å². The van der Waals surface area contributed by atoms with Crippen molar-refractivity contribution in [1.29, 1.82) is 0 Å². The average molecular weight is 206 g/mol. The Bertz CT molecular complexity index is 276. The standard InChI is InChI=1S/C8H18N2O2S/c1-2-13(11,12)7-3-4-8(10,5-7)6-9/h7H,2-6,9-10H2,1H3/t7-,8-/m0/s1. The van der Waals surface area contributed by atoms with Crippen LogP contribution in [0.5, 0.6) is 0 Å². The van der Waals surface area contributed by atoms with Crippen molar-refractivity contribution in [1.82, 2.24) is 0 Å². The number of rotatable bonds is 3. The van der Waals surface area contributed by atoms with Gasteiger partial charge in [0, 0.05) is 17.8 Å². The normalized spacial score (nSPS) is 35.2. The molecule has 5 heteroatoms. The third kappa shape index (κ3) is 2.21. The average Bonchev–Trinajstić information content (AvgIpc) is 2.50. The molecule has 1 saturated carbocycles. The molecule has 1 aliphatic rings. The van der Waals surface area contributed by atoms with Crippen molar-refractivity contribution in [2.24, 2.45) is 11.5 Å². The Kier molecular flexibility index (Phi) is 2.99. The monoisotopic (exact) mass is 206 g/mol. The Balaban J connectivity index is 2.71. The lowest BCUT2D eigenvalue weighted by molar-refractivity contribution is 0.450. The summed E-state index contributed by atoms with van der Waals surface area (Å²) in [5, 5.41) is -0.258. The fraction of sp³-hybridized carbons (Fsp3) is 1.00. The van der Waals surface area contributed by atoms with Gasteiger partial charge in [-0.15, -0.1) is 0 Å². The second kappa shape index (κ2) is 3.55. The van der Waals surface area contributed by atoms with Crippen LogP contribution in [0.4, 0.5) is 0 Å². The molecule has 2 atom stereocenters. The first-order valence-corrected chi connectivity index (χ1v) is 6.35. The van der Waals surface area contributed by atoms with E-state index in [0.29, 0.717) is 19.4 Å². The summed E-state index contributed by atoms with van der Waals surface area (Å²) in [6, 6.07) is 0. The third-order valence-corrected chi connectivity index (χ3v) is 5.14. The highest BCUT2D eigenvalue weighted by Gasteiger charge is 2.40. The van der Waals surface area contributed by atoms with E-state index >= 15 is 0 Å². The summed E-state index contributed by atoms with van der Waals surface area (Å²) < 4.78 is 23.0. The predicted molar refractivity (Wildman–Crippen MR) is 53.1 cm³/mol. The zero-order valence-corrected chi connectivity index (χ0v) is 8.81. The fourth-order valence-corrected chi connectivity index (χ4v) is 3.37. The van der Waals surface area contributed by atoms with Gasteiger partial charge in [-0.3, -0.25) is 0 Å². The lowest BCUT2D eigenvalue weighted by Gasteiger charge is -2.21. The molecule has 1 aliphatic carbocycles. The number of hydrogen-bond donors (Lipinski definition) is 2. The van der Waals surface area contributed by atoms with E-state index in [2.05, 4.69) is 0 Å². The van der Waals surface area contributed by atoms with E-state index in [1.165, 1.54) is 0 Å². The van der Waals surface area contributed by atoms with Crippen LogP contribution >= 0.6 is 0 Å². The van der Waals surface area contributed by atoms with Gasteiger partial charge in [0.15, 0.2) is 9.84 Å². The topological polar surface area (TPSA) is 86.2 Å². The molecule has 0 radical (unpaired) electrons. The summed E-state index contributed by atoms with van der Waals surface area (Å²) in [5.41, 5.74) is 11.0. The summed E-state index contributed by atoms with van der Waals surface area (Å²) in [6.45, 7) is 2.05. The number of hydrogen-bond acceptors (Lipinski definition) is 4. The van der Waals surface area contributed by atoms with Gasteiger partial charge in [-0.25, -0.2) is 8.42 Å². The zero-order valence-electron chi connectivity index (χ0n) is 7.99. The van der Waals surface area contributed by atoms with Gasteiger partial charge in [0.05, 0.1) is 5.25 Å². The first kappa shape index (κ1) is 10.9. The van der Waals surface area contributed by atoms with Gasteiger partial charge >= 0.3 is 0 Å². The quantitative estimate of drug-likeness (QED) is 0.659. The van der Waals surface area contributed by atoms with Crippen molar-refractivity contribution in [3.63, 3.8) is 0 Å². The van der Waals surface area contributed by atoms with Crippen LogP contribution in [0, 0.1) is 0 Å². The minimum Gasteiger partial charge on any atom is -0.329 e. The van der Waals surface area contributed by atoms with E-state index in [0.717, 1.165) is 6.42 Å².